The van der Waals surface area contributed by atoms with Crippen molar-refractivity contribution in [3.8, 4) is 0 Å². The number of thiophene rings is 1. The fourth-order valence-electron chi connectivity index (χ4n) is 2.73. The number of hydrogen-bond acceptors (Lipinski definition) is 6. The Hall–Kier alpha value is -1.73. The SMILES string of the molecule is CCN(CC)Cc1nc2sc(C)c(C)c2c(=O)n1CC(=O)OC(C)C. The highest BCUT2D eigenvalue weighted by Gasteiger charge is 2.20. The molecule has 0 bridgehead atoms. The third-order valence-electron chi connectivity index (χ3n) is 4.28. The van der Waals surface area contributed by atoms with E-state index in [1.54, 1.807) is 13.8 Å². The van der Waals surface area contributed by atoms with Crippen LogP contribution in [0, 0.1) is 13.8 Å². The average molecular weight is 365 g/mol. The van der Waals surface area contributed by atoms with Gasteiger partial charge in [-0.1, -0.05) is 13.8 Å². The molecule has 0 fully saturated rings. The molecule has 25 heavy (non-hydrogen) atoms. The lowest BCUT2D eigenvalue weighted by Gasteiger charge is -2.20. The lowest BCUT2D eigenvalue weighted by molar-refractivity contribution is -0.148. The zero-order valence-corrected chi connectivity index (χ0v) is 16.7. The Labute approximate surface area is 152 Å². The highest BCUT2D eigenvalue weighted by atomic mass is 32.1. The van der Waals surface area contributed by atoms with Crippen molar-refractivity contribution in [3.05, 3.63) is 26.6 Å². The first-order chi connectivity index (χ1) is 11.8. The van der Waals surface area contributed by atoms with Crippen LogP contribution in [0.25, 0.3) is 10.2 Å². The summed E-state index contributed by atoms with van der Waals surface area (Å²) in [6, 6.07) is 0. The van der Waals surface area contributed by atoms with Crippen LogP contribution in [0.15, 0.2) is 4.79 Å². The maximum Gasteiger partial charge on any atom is 0.326 e. The smallest absolute Gasteiger partial charge is 0.326 e. The number of nitrogens with zero attached hydrogens (tertiary/aromatic N) is 3. The molecule has 0 aromatic carbocycles. The zero-order chi connectivity index (χ0) is 18.7. The quantitative estimate of drug-likeness (QED) is 0.706. The maximum absolute atomic E-state index is 13.1. The van der Waals surface area contributed by atoms with Crippen LogP contribution in [0.5, 0.6) is 0 Å². The highest BCUT2D eigenvalue weighted by molar-refractivity contribution is 7.18. The third-order valence-corrected chi connectivity index (χ3v) is 5.38. The van der Waals surface area contributed by atoms with Crippen molar-refractivity contribution < 1.29 is 9.53 Å². The van der Waals surface area contributed by atoms with Gasteiger partial charge in [0.15, 0.2) is 0 Å². The van der Waals surface area contributed by atoms with E-state index in [1.807, 2.05) is 13.8 Å². The molecule has 2 aromatic rings. The molecular formula is C18H27N3O3S. The fraction of sp³-hybridized carbons (Fsp3) is 0.611. The molecule has 0 aliphatic carbocycles. The Balaban J connectivity index is 2.56. The Morgan fingerprint density at radius 2 is 1.92 bits per heavy atom. The number of hydrogen-bond donors (Lipinski definition) is 0. The van der Waals surface area contributed by atoms with Crippen molar-refractivity contribution >= 4 is 27.5 Å². The lowest BCUT2D eigenvalue weighted by Crippen LogP contribution is -2.33. The van der Waals surface area contributed by atoms with Gasteiger partial charge in [-0.25, -0.2) is 4.98 Å². The van der Waals surface area contributed by atoms with E-state index in [9.17, 15) is 9.59 Å². The van der Waals surface area contributed by atoms with Crippen LogP contribution < -0.4 is 5.56 Å². The van der Waals surface area contributed by atoms with Crippen LogP contribution in [0.1, 0.15) is 44.0 Å². The monoisotopic (exact) mass is 365 g/mol. The van der Waals surface area contributed by atoms with Gasteiger partial charge in [0.1, 0.15) is 17.2 Å². The van der Waals surface area contributed by atoms with E-state index in [1.165, 1.54) is 15.9 Å². The van der Waals surface area contributed by atoms with E-state index in [4.69, 9.17) is 9.72 Å². The second kappa shape index (κ2) is 8.10. The number of carbonyl (C=O) groups is 1. The molecular weight excluding hydrogens is 338 g/mol. The van der Waals surface area contributed by atoms with Gasteiger partial charge in [0, 0.05) is 4.88 Å². The van der Waals surface area contributed by atoms with Crippen molar-refractivity contribution in [1.82, 2.24) is 14.5 Å². The molecule has 0 N–H and O–H groups in total. The maximum atomic E-state index is 13.1. The third kappa shape index (κ3) is 4.27. The van der Waals surface area contributed by atoms with Crippen LogP contribution in [0.2, 0.25) is 0 Å². The van der Waals surface area contributed by atoms with E-state index >= 15 is 0 Å². The molecule has 0 aliphatic heterocycles. The van der Waals surface area contributed by atoms with Gasteiger partial charge in [0.2, 0.25) is 0 Å². The summed E-state index contributed by atoms with van der Waals surface area (Å²) < 4.78 is 6.71. The van der Waals surface area contributed by atoms with Gasteiger partial charge in [-0.15, -0.1) is 11.3 Å². The predicted molar refractivity (Wildman–Crippen MR) is 101 cm³/mol. The molecule has 0 radical (unpaired) electrons. The Bertz CT molecular complexity index is 819. The normalized spacial score (nSPS) is 11.7. The summed E-state index contributed by atoms with van der Waals surface area (Å²) >= 11 is 1.53. The highest BCUT2D eigenvalue weighted by Crippen LogP contribution is 2.26. The minimum Gasteiger partial charge on any atom is -0.462 e. The summed E-state index contributed by atoms with van der Waals surface area (Å²) in [5, 5.41) is 0.614. The van der Waals surface area contributed by atoms with Gasteiger partial charge in [-0.3, -0.25) is 19.1 Å². The molecule has 0 amide bonds. The first-order valence-electron chi connectivity index (χ1n) is 8.69. The van der Waals surface area contributed by atoms with Gasteiger partial charge in [0.05, 0.1) is 18.0 Å². The molecule has 0 atom stereocenters. The molecule has 0 unspecified atom stereocenters. The van der Waals surface area contributed by atoms with Crippen molar-refractivity contribution in [2.24, 2.45) is 0 Å². The van der Waals surface area contributed by atoms with Gasteiger partial charge in [0.25, 0.3) is 5.56 Å². The minimum atomic E-state index is -0.413. The molecule has 2 aromatic heterocycles. The molecule has 0 saturated heterocycles. The van der Waals surface area contributed by atoms with Gasteiger partial charge in [-0.2, -0.15) is 0 Å². The largest absolute Gasteiger partial charge is 0.462 e. The molecule has 0 saturated carbocycles. The second-order valence-corrected chi connectivity index (χ2v) is 7.59. The average Bonchev–Trinajstić information content (AvgIpc) is 2.82. The fourth-order valence-corrected chi connectivity index (χ4v) is 3.77. The van der Waals surface area contributed by atoms with Crippen molar-refractivity contribution in [1.29, 1.82) is 0 Å². The van der Waals surface area contributed by atoms with Gasteiger partial charge in [-0.05, 0) is 46.3 Å². The number of rotatable bonds is 7. The van der Waals surface area contributed by atoms with E-state index in [2.05, 4.69) is 18.7 Å². The number of aryl methyl sites for hydroxylation is 2. The van der Waals surface area contributed by atoms with E-state index in [-0.39, 0.29) is 18.2 Å². The number of fused-ring (bicyclic) bond motifs is 1. The summed E-state index contributed by atoms with van der Waals surface area (Å²) in [6.07, 6.45) is -0.212. The Morgan fingerprint density at radius 1 is 1.28 bits per heavy atom. The Morgan fingerprint density at radius 3 is 2.48 bits per heavy atom. The lowest BCUT2D eigenvalue weighted by atomic mass is 10.2. The molecule has 0 spiro atoms. The topological polar surface area (TPSA) is 64.4 Å². The summed E-state index contributed by atoms with van der Waals surface area (Å²) in [7, 11) is 0. The van der Waals surface area contributed by atoms with E-state index in [0.717, 1.165) is 28.4 Å². The molecule has 2 rings (SSSR count). The standard InChI is InChI=1S/C18H27N3O3S/c1-7-20(8-2)9-14-19-17-16(12(5)13(6)25-17)18(23)21(14)10-15(22)24-11(3)4/h11H,7-10H2,1-6H3. The van der Waals surface area contributed by atoms with Crippen molar-refractivity contribution in [2.45, 2.75) is 60.7 Å². The van der Waals surface area contributed by atoms with Crippen LogP contribution in [-0.2, 0) is 22.6 Å². The van der Waals surface area contributed by atoms with Gasteiger partial charge >= 0.3 is 5.97 Å². The first-order valence-corrected chi connectivity index (χ1v) is 9.51. The summed E-state index contributed by atoms with van der Waals surface area (Å²) in [6.45, 7) is 13.8. The summed E-state index contributed by atoms with van der Waals surface area (Å²) in [5.41, 5.74) is 0.785. The molecule has 138 valence electrons. The minimum absolute atomic E-state index is 0.106. The van der Waals surface area contributed by atoms with E-state index < -0.39 is 5.97 Å². The molecule has 7 heteroatoms. The van der Waals surface area contributed by atoms with Gasteiger partial charge < -0.3 is 4.74 Å². The number of carbonyl (C=O) groups excluding carboxylic acids is 1. The number of esters is 1. The molecule has 2 heterocycles. The van der Waals surface area contributed by atoms with Crippen molar-refractivity contribution in [3.63, 3.8) is 0 Å². The summed E-state index contributed by atoms with van der Waals surface area (Å²) in [5.74, 6) is 0.201. The summed E-state index contributed by atoms with van der Waals surface area (Å²) in [4.78, 5) is 33.9. The number of ether oxygens (including phenoxy) is 1. The zero-order valence-electron chi connectivity index (χ0n) is 15.9. The van der Waals surface area contributed by atoms with Crippen LogP contribution >= 0.6 is 11.3 Å². The van der Waals surface area contributed by atoms with Crippen LogP contribution in [-0.4, -0.2) is 39.6 Å². The predicted octanol–water partition coefficient (Wildman–Crippen LogP) is 2.87. The van der Waals surface area contributed by atoms with Crippen molar-refractivity contribution in [2.75, 3.05) is 13.1 Å². The second-order valence-electron chi connectivity index (χ2n) is 6.38. The molecule has 0 aliphatic rings. The van der Waals surface area contributed by atoms with Crippen LogP contribution in [0.3, 0.4) is 0 Å². The van der Waals surface area contributed by atoms with Crippen LogP contribution in [0.4, 0.5) is 0 Å². The number of aromatic nitrogens is 2. The first kappa shape index (κ1) is 19.6. The Kier molecular flexibility index (Phi) is 6.35. The van der Waals surface area contributed by atoms with E-state index in [0.29, 0.717) is 17.8 Å². The molecule has 6 nitrogen and oxygen atoms in total.